The van der Waals surface area contributed by atoms with E-state index in [0.717, 1.165) is 16.0 Å². The summed E-state index contributed by atoms with van der Waals surface area (Å²) in [5.74, 6) is 0.465. The van der Waals surface area contributed by atoms with Gasteiger partial charge in [0.25, 0.3) is 5.91 Å². The number of benzene rings is 1. The van der Waals surface area contributed by atoms with Crippen molar-refractivity contribution in [3.05, 3.63) is 47.1 Å². The average Bonchev–Trinajstić information content (AvgIpc) is 3.28. The number of aromatic nitrogens is 2. The van der Waals surface area contributed by atoms with E-state index < -0.39 is 11.6 Å². The van der Waals surface area contributed by atoms with Crippen LogP contribution >= 0.6 is 0 Å². The minimum atomic E-state index is -0.929. The highest BCUT2D eigenvalue weighted by atomic mass is 16.5. The average molecular weight is 342 g/mol. The predicted octanol–water partition coefficient (Wildman–Crippen LogP) is 1.18. The van der Waals surface area contributed by atoms with Crippen LogP contribution in [0.2, 0.25) is 0 Å². The number of imide groups is 1. The summed E-state index contributed by atoms with van der Waals surface area (Å²) in [5.41, 5.74) is 1.32. The summed E-state index contributed by atoms with van der Waals surface area (Å²) in [6.45, 7) is 2.65. The maximum absolute atomic E-state index is 12.6. The lowest BCUT2D eigenvalue weighted by molar-refractivity contribution is -0.131. The number of hydrogen-bond donors (Lipinski definition) is 1. The number of aryl methyl sites for hydroxylation is 1. The number of amides is 3. The van der Waals surface area contributed by atoms with Gasteiger partial charge in [-0.15, -0.1) is 0 Å². The Morgan fingerprint density at radius 1 is 1.32 bits per heavy atom. The third-order valence-electron chi connectivity index (χ3n) is 4.68. The van der Waals surface area contributed by atoms with Gasteiger partial charge in [0.1, 0.15) is 12.1 Å². The van der Waals surface area contributed by atoms with Gasteiger partial charge in [-0.25, -0.2) is 4.79 Å². The van der Waals surface area contributed by atoms with Crippen LogP contribution in [0.3, 0.4) is 0 Å². The van der Waals surface area contributed by atoms with Gasteiger partial charge in [0.15, 0.2) is 5.82 Å². The van der Waals surface area contributed by atoms with Crippen molar-refractivity contribution in [2.75, 3.05) is 13.2 Å². The standard InChI is InChI=1S/C17H18N4O4/c1-11-4-2-3-5-12(11)8-13-18-14(25-20-13)9-21-15(22)17(19-16(21)23)6-7-24-10-17/h2-5H,6-10H2,1H3,(H,19,23)/t17-/m1/s1. The quantitative estimate of drug-likeness (QED) is 0.838. The first-order valence-electron chi connectivity index (χ1n) is 8.15. The number of rotatable bonds is 4. The van der Waals surface area contributed by atoms with Crippen LogP contribution in [0.5, 0.6) is 0 Å². The summed E-state index contributed by atoms with van der Waals surface area (Å²) in [4.78, 5) is 30.1. The van der Waals surface area contributed by atoms with Crippen molar-refractivity contribution in [3.63, 3.8) is 0 Å². The monoisotopic (exact) mass is 342 g/mol. The SMILES string of the molecule is Cc1ccccc1Cc1noc(CN2C(=O)N[C@@]3(CCOC3)C2=O)n1. The number of ether oxygens (including phenoxy) is 1. The highest BCUT2D eigenvalue weighted by molar-refractivity contribution is 6.07. The molecule has 3 amide bonds. The molecule has 2 saturated heterocycles. The van der Waals surface area contributed by atoms with E-state index in [1.54, 1.807) is 0 Å². The fourth-order valence-corrected chi connectivity index (χ4v) is 3.19. The largest absolute Gasteiger partial charge is 0.378 e. The lowest BCUT2D eigenvalue weighted by atomic mass is 9.99. The van der Waals surface area contributed by atoms with Crippen LogP contribution in [-0.4, -0.2) is 45.7 Å². The summed E-state index contributed by atoms with van der Waals surface area (Å²) in [7, 11) is 0. The van der Waals surface area contributed by atoms with Gasteiger partial charge in [-0.05, 0) is 18.1 Å². The first-order chi connectivity index (χ1) is 12.1. The van der Waals surface area contributed by atoms with Crippen LogP contribution in [0.1, 0.15) is 29.3 Å². The van der Waals surface area contributed by atoms with E-state index in [0.29, 0.717) is 25.3 Å². The summed E-state index contributed by atoms with van der Waals surface area (Å²) in [6, 6.07) is 7.51. The Morgan fingerprint density at radius 2 is 2.16 bits per heavy atom. The van der Waals surface area contributed by atoms with Crippen LogP contribution in [0, 0.1) is 6.92 Å². The minimum Gasteiger partial charge on any atom is -0.378 e. The molecule has 1 aromatic carbocycles. The van der Waals surface area contributed by atoms with E-state index in [-0.39, 0.29) is 24.9 Å². The Kier molecular flexibility index (Phi) is 3.76. The Hall–Kier alpha value is -2.74. The number of carbonyl (C=O) groups excluding carboxylic acids is 2. The highest BCUT2D eigenvalue weighted by Crippen LogP contribution is 2.27. The second kappa shape index (κ2) is 5.96. The van der Waals surface area contributed by atoms with E-state index in [9.17, 15) is 9.59 Å². The molecule has 8 nitrogen and oxygen atoms in total. The molecule has 0 aliphatic carbocycles. The molecule has 1 aromatic heterocycles. The molecular weight excluding hydrogens is 324 g/mol. The molecule has 2 aliphatic rings. The second-order valence-electron chi connectivity index (χ2n) is 6.41. The van der Waals surface area contributed by atoms with Crippen LogP contribution in [0.25, 0.3) is 0 Å². The van der Waals surface area contributed by atoms with Crippen LogP contribution < -0.4 is 5.32 Å². The summed E-state index contributed by atoms with van der Waals surface area (Å²) in [6.07, 6.45) is 1.02. The molecule has 8 heteroatoms. The fourth-order valence-electron chi connectivity index (χ4n) is 3.19. The topological polar surface area (TPSA) is 97.6 Å². The molecule has 3 heterocycles. The van der Waals surface area contributed by atoms with Crippen molar-refractivity contribution in [2.45, 2.75) is 31.8 Å². The molecule has 0 unspecified atom stereocenters. The van der Waals surface area contributed by atoms with Gasteiger partial charge >= 0.3 is 6.03 Å². The molecule has 0 bridgehead atoms. The van der Waals surface area contributed by atoms with Gasteiger partial charge < -0.3 is 14.6 Å². The normalized spacial score (nSPS) is 22.8. The lowest BCUT2D eigenvalue weighted by Crippen LogP contribution is -2.47. The molecule has 1 spiro atoms. The van der Waals surface area contributed by atoms with Crippen molar-refractivity contribution >= 4 is 11.9 Å². The van der Waals surface area contributed by atoms with Crippen LogP contribution in [0.15, 0.2) is 28.8 Å². The van der Waals surface area contributed by atoms with E-state index in [1.165, 1.54) is 0 Å². The second-order valence-corrected chi connectivity index (χ2v) is 6.41. The zero-order valence-corrected chi connectivity index (χ0v) is 13.8. The van der Waals surface area contributed by atoms with E-state index in [2.05, 4.69) is 15.5 Å². The van der Waals surface area contributed by atoms with Gasteiger partial charge in [-0.3, -0.25) is 9.69 Å². The van der Waals surface area contributed by atoms with Gasteiger partial charge in [0, 0.05) is 19.4 Å². The first-order valence-corrected chi connectivity index (χ1v) is 8.15. The molecular formula is C17H18N4O4. The van der Waals surface area contributed by atoms with Crippen molar-refractivity contribution in [2.24, 2.45) is 0 Å². The van der Waals surface area contributed by atoms with Crippen LogP contribution in [0.4, 0.5) is 4.79 Å². The van der Waals surface area contributed by atoms with Crippen molar-refractivity contribution < 1.29 is 18.8 Å². The minimum absolute atomic E-state index is 0.0345. The Morgan fingerprint density at radius 3 is 2.92 bits per heavy atom. The third kappa shape index (κ3) is 2.78. The zero-order chi connectivity index (χ0) is 17.4. The molecule has 130 valence electrons. The van der Waals surface area contributed by atoms with E-state index in [1.807, 2.05) is 31.2 Å². The summed E-state index contributed by atoms with van der Waals surface area (Å²) in [5, 5.41) is 6.68. The number of nitrogens with zero attached hydrogens (tertiary/aromatic N) is 3. The predicted molar refractivity (Wildman–Crippen MR) is 85.5 cm³/mol. The Bertz CT molecular complexity index is 826. The van der Waals surface area contributed by atoms with E-state index in [4.69, 9.17) is 9.26 Å². The molecule has 0 saturated carbocycles. The van der Waals surface area contributed by atoms with Gasteiger partial charge in [0.05, 0.1) is 6.61 Å². The van der Waals surface area contributed by atoms with Crippen molar-refractivity contribution in [3.8, 4) is 0 Å². The molecule has 4 rings (SSSR count). The number of nitrogens with one attached hydrogen (secondary N) is 1. The zero-order valence-electron chi connectivity index (χ0n) is 13.8. The van der Waals surface area contributed by atoms with Crippen LogP contribution in [-0.2, 0) is 22.5 Å². The fraction of sp³-hybridized carbons (Fsp3) is 0.412. The lowest BCUT2D eigenvalue weighted by Gasteiger charge is -2.17. The number of hydrogen-bond acceptors (Lipinski definition) is 6. The van der Waals surface area contributed by atoms with Gasteiger partial charge in [-0.1, -0.05) is 29.4 Å². The first kappa shape index (κ1) is 15.8. The molecule has 2 fully saturated rings. The maximum atomic E-state index is 12.6. The highest BCUT2D eigenvalue weighted by Gasteiger charge is 2.53. The molecule has 1 atom stereocenters. The Balaban J connectivity index is 1.47. The third-order valence-corrected chi connectivity index (χ3v) is 4.68. The smallest absolute Gasteiger partial charge is 0.325 e. The molecule has 0 radical (unpaired) electrons. The molecule has 1 N–H and O–H groups in total. The summed E-state index contributed by atoms with van der Waals surface area (Å²) < 4.78 is 10.5. The maximum Gasteiger partial charge on any atom is 0.325 e. The van der Waals surface area contributed by atoms with Gasteiger partial charge in [0.2, 0.25) is 5.89 Å². The van der Waals surface area contributed by atoms with E-state index >= 15 is 0 Å². The van der Waals surface area contributed by atoms with Crippen molar-refractivity contribution in [1.29, 1.82) is 0 Å². The molecule has 2 aromatic rings. The van der Waals surface area contributed by atoms with Crippen molar-refractivity contribution in [1.82, 2.24) is 20.4 Å². The number of urea groups is 1. The summed E-state index contributed by atoms with van der Waals surface area (Å²) >= 11 is 0. The molecule has 25 heavy (non-hydrogen) atoms. The number of carbonyl (C=O) groups is 2. The Labute approximate surface area is 144 Å². The van der Waals surface area contributed by atoms with Gasteiger partial charge in [-0.2, -0.15) is 4.98 Å². The molecule has 2 aliphatic heterocycles.